The molecule has 0 radical (unpaired) electrons. The van der Waals surface area contributed by atoms with Gasteiger partial charge >= 0.3 is 0 Å². The normalized spacial score (nSPS) is 24.2. The number of sulfonamides is 1. The van der Waals surface area contributed by atoms with Gasteiger partial charge < -0.3 is 10.2 Å². The molecule has 2 atom stereocenters. The number of rotatable bonds is 4. The fourth-order valence-electron chi connectivity index (χ4n) is 3.33. The lowest BCUT2D eigenvalue weighted by Gasteiger charge is -2.26. The summed E-state index contributed by atoms with van der Waals surface area (Å²) in [5.41, 5.74) is 0. The minimum atomic E-state index is -3.70. The summed E-state index contributed by atoms with van der Waals surface area (Å²) in [6, 6.07) is 6.78. The number of hydrogen-bond acceptors (Lipinski definition) is 4. The van der Waals surface area contributed by atoms with Gasteiger partial charge in [-0.15, -0.1) is 0 Å². The first-order valence-electron chi connectivity index (χ1n) is 8.12. The van der Waals surface area contributed by atoms with Gasteiger partial charge in [0.2, 0.25) is 15.9 Å². The van der Waals surface area contributed by atoms with Gasteiger partial charge in [-0.2, -0.15) is 4.31 Å². The molecule has 2 aliphatic rings. The lowest BCUT2D eigenvalue weighted by Crippen LogP contribution is -2.44. The second-order valence-corrected chi connectivity index (χ2v) is 8.96. The van der Waals surface area contributed by atoms with Crippen molar-refractivity contribution < 1.29 is 13.2 Å². The maximum absolute atomic E-state index is 12.6. The van der Waals surface area contributed by atoms with E-state index in [0.717, 1.165) is 23.6 Å². The third-order valence-electron chi connectivity index (χ3n) is 4.76. The summed E-state index contributed by atoms with van der Waals surface area (Å²) in [4.78, 5) is 14.5. The number of amides is 1. The van der Waals surface area contributed by atoms with Crippen molar-refractivity contribution in [2.24, 2.45) is 0 Å². The lowest BCUT2D eigenvalue weighted by molar-refractivity contribution is -0.131. The van der Waals surface area contributed by atoms with Gasteiger partial charge in [-0.25, -0.2) is 8.42 Å². The first kappa shape index (κ1) is 17.7. The first-order chi connectivity index (χ1) is 11.4. The number of nitrogens with zero attached hydrogens (tertiary/aromatic N) is 2. The fourth-order valence-corrected chi connectivity index (χ4v) is 4.58. The van der Waals surface area contributed by atoms with E-state index in [0.29, 0.717) is 30.2 Å². The summed E-state index contributed by atoms with van der Waals surface area (Å²) < 4.78 is 26.2. The highest BCUT2D eigenvalue weighted by atomic mass is 35.5. The topological polar surface area (TPSA) is 69.7 Å². The zero-order valence-corrected chi connectivity index (χ0v) is 15.2. The Hall–Kier alpha value is -1.15. The van der Waals surface area contributed by atoms with Crippen molar-refractivity contribution in [2.45, 2.75) is 36.2 Å². The van der Waals surface area contributed by atoms with E-state index in [1.807, 2.05) is 0 Å². The van der Waals surface area contributed by atoms with E-state index < -0.39 is 10.0 Å². The molecule has 6 nitrogen and oxygen atoms in total. The molecule has 0 aromatic heterocycles. The van der Waals surface area contributed by atoms with Crippen LogP contribution in [0.15, 0.2) is 29.2 Å². The Morgan fingerprint density at radius 1 is 1.25 bits per heavy atom. The molecular weight excluding hydrogens is 350 g/mol. The number of carbonyl (C=O) groups is 1. The quantitative estimate of drug-likeness (QED) is 0.866. The standard InChI is InChI=1S/C16H22ClN3O3S/c1-19(24(22,23)15-6-2-12(17)3-7-15)11-16(21)20-9-8-13-4-5-14(10-20)18-13/h2-3,6-7,13-14,18H,4-5,8-11H2,1H3. The molecule has 0 saturated carbocycles. The van der Waals surface area contributed by atoms with Gasteiger partial charge in [0.15, 0.2) is 0 Å². The third kappa shape index (κ3) is 3.74. The van der Waals surface area contributed by atoms with Crippen LogP contribution in [-0.4, -0.2) is 62.3 Å². The molecule has 24 heavy (non-hydrogen) atoms. The van der Waals surface area contributed by atoms with Crippen molar-refractivity contribution in [1.82, 2.24) is 14.5 Å². The summed E-state index contributed by atoms with van der Waals surface area (Å²) in [5.74, 6) is -0.149. The Kier molecular flexibility index (Phi) is 5.15. The van der Waals surface area contributed by atoms with Crippen molar-refractivity contribution in [3.05, 3.63) is 29.3 Å². The number of nitrogens with one attached hydrogen (secondary N) is 1. The van der Waals surface area contributed by atoms with E-state index in [9.17, 15) is 13.2 Å². The molecule has 1 aromatic carbocycles. The molecule has 2 saturated heterocycles. The van der Waals surface area contributed by atoms with E-state index in [1.165, 1.54) is 31.3 Å². The maximum Gasteiger partial charge on any atom is 0.243 e. The van der Waals surface area contributed by atoms with Gasteiger partial charge in [0.05, 0.1) is 11.4 Å². The molecule has 2 aliphatic heterocycles. The third-order valence-corrected chi connectivity index (χ3v) is 6.83. The number of carbonyl (C=O) groups excluding carboxylic acids is 1. The fraction of sp³-hybridized carbons (Fsp3) is 0.562. The Morgan fingerprint density at radius 2 is 1.92 bits per heavy atom. The van der Waals surface area contributed by atoms with Crippen LogP contribution >= 0.6 is 11.6 Å². The maximum atomic E-state index is 12.6. The second-order valence-electron chi connectivity index (χ2n) is 6.48. The van der Waals surface area contributed by atoms with Crippen LogP contribution in [0.4, 0.5) is 0 Å². The number of hydrogen-bond donors (Lipinski definition) is 1. The average Bonchev–Trinajstić information content (AvgIpc) is 2.86. The molecular formula is C16H22ClN3O3S. The van der Waals surface area contributed by atoms with Crippen molar-refractivity contribution in [3.63, 3.8) is 0 Å². The molecule has 8 heteroatoms. The molecule has 2 fully saturated rings. The van der Waals surface area contributed by atoms with Crippen LogP contribution in [0.2, 0.25) is 5.02 Å². The lowest BCUT2D eigenvalue weighted by atomic mass is 10.1. The molecule has 3 rings (SSSR count). The van der Waals surface area contributed by atoms with Gasteiger partial charge in [0, 0.05) is 37.2 Å². The van der Waals surface area contributed by atoms with Crippen molar-refractivity contribution in [3.8, 4) is 0 Å². The molecule has 2 heterocycles. The van der Waals surface area contributed by atoms with Crippen molar-refractivity contribution >= 4 is 27.5 Å². The Bertz CT molecular complexity index is 708. The highest BCUT2D eigenvalue weighted by molar-refractivity contribution is 7.89. The van der Waals surface area contributed by atoms with Gasteiger partial charge in [-0.1, -0.05) is 11.6 Å². The molecule has 1 N–H and O–H groups in total. The monoisotopic (exact) mass is 371 g/mol. The van der Waals surface area contributed by atoms with Crippen LogP contribution in [-0.2, 0) is 14.8 Å². The zero-order valence-electron chi connectivity index (χ0n) is 13.6. The van der Waals surface area contributed by atoms with Crippen LogP contribution in [0.3, 0.4) is 0 Å². The molecule has 2 unspecified atom stereocenters. The zero-order chi connectivity index (χ0) is 17.3. The van der Waals surface area contributed by atoms with Crippen LogP contribution in [0.1, 0.15) is 19.3 Å². The van der Waals surface area contributed by atoms with E-state index in [4.69, 9.17) is 11.6 Å². The average molecular weight is 372 g/mol. The molecule has 2 bridgehead atoms. The van der Waals surface area contributed by atoms with E-state index in [1.54, 1.807) is 4.90 Å². The SMILES string of the molecule is CN(CC(=O)N1CCC2CCC(C1)N2)S(=O)(=O)c1ccc(Cl)cc1. The number of likely N-dealkylation sites (N-methyl/N-ethyl adjacent to an activating group) is 1. The molecule has 132 valence electrons. The Morgan fingerprint density at radius 3 is 2.62 bits per heavy atom. The predicted molar refractivity (Wildman–Crippen MR) is 92.4 cm³/mol. The van der Waals surface area contributed by atoms with E-state index >= 15 is 0 Å². The summed E-state index contributed by atoms with van der Waals surface area (Å²) in [6.07, 6.45) is 3.17. The molecule has 1 aromatic rings. The van der Waals surface area contributed by atoms with Gasteiger partial charge in [-0.05, 0) is 43.5 Å². The minimum Gasteiger partial charge on any atom is -0.340 e. The molecule has 1 amide bonds. The van der Waals surface area contributed by atoms with Gasteiger partial charge in [-0.3, -0.25) is 4.79 Å². The van der Waals surface area contributed by atoms with Gasteiger partial charge in [0.25, 0.3) is 0 Å². The summed E-state index contributed by atoms with van der Waals surface area (Å²) in [5, 5.41) is 3.99. The number of fused-ring (bicyclic) bond motifs is 2. The largest absolute Gasteiger partial charge is 0.340 e. The van der Waals surface area contributed by atoms with Crippen molar-refractivity contribution in [2.75, 3.05) is 26.7 Å². The van der Waals surface area contributed by atoms with Crippen LogP contribution in [0.25, 0.3) is 0 Å². The van der Waals surface area contributed by atoms with Crippen LogP contribution < -0.4 is 5.32 Å². The Balaban J connectivity index is 1.66. The van der Waals surface area contributed by atoms with Gasteiger partial charge in [0.1, 0.15) is 0 Å². The first-order valence-corrected chi connectivity index (χ1v) is 9.94. The Labute approximate surface area is 147 Å². The van der Waals surface area contributed by atoms with E-state index in [2.05, 4.69) is 5.32 Å². The van der Waals surface area contributed by atoms with Crippen molar-refractivity contribution in [1.29, 1.82) is 0 Å². The highest BCUT2D eigenvalue weighted by Gasteiger charge is 2.32. The molecule has 0 aliphatic carbocycles. The number of likely N-dealkylation sites (tertiary alicyclic amines) is 1. The van der Waals surface area contributed by atoms with E-state index in [-0.39, 0.29) is 17.3 Å². The van der Waals surface area contributed by atoms with Crippen LogP contribution in [0.5, 0.6) is 0 Å². The highest BCUT2D eigenvalue weighted by Crippen LogP contribution is 2.21. The predicted octanol–water partition coefficient (Wildman–Crippen LogP) is 1.31. The summed E-state index contributed by atoms with van der Waals surface area (Å²) in [6.45, 7) is 1.19. The summed E-state index contributed by atoms with van der Waals surface area (Å²) in [7, 11) is -2.26. The number of benzene rings is 1. The minimum absolute atomic E-state index is 0.138. The second kappa shape index (κ2) is 7.00. The summed E-state index contributed by atoms with van der Waals surface area (Å²) >= 11 is 5.80. The molecule has 0 spiro atoms. The number of halogens is 1. The van der Waals surface area contributed by atoms with Crippen LogP contribution in [0, 0.1) is 0 Å². The smallest absolute Gasteiger partial charge is 0.243 e.